The Morgan fingerprint density at radius 1 is 1.00 bits per heavy atom. The molecule has 0 saturated carbocycles. The average Bonchev–Trinajstić information content (AvgIpc) is 3.36. The van der Waals surface area contributed by atoms with Crippen LogP contribution in [0.2, 0.25) is 0 Å². The van der Waals surface area contributed by atoms with Crippen LogP contribution in [-0.4, -0.2) is 54.3 Å². The number of phenols is 1. The second kappa shape index (κ2) is 11.3. The number of carbonyl (C=O) groups excluding carboxylic acids is 1. The lowest BCUT2D eigenvalue weighted by atomic mass is 9.75. The Bertz CT molecular complexity index is 1510. The second-order valence-electron chi connectivity index (χ2n) is 8.99. The molecule has 4 unspecified atom stereocenters. The number of ether oxygens (including phenoxy) is 3. The Morgan fingerprint density at radius 3 is 2.23 bits per heavy atom. The van der Waals surface area contributed by atoms with E-state index in [0.717, 1.165) is 6.07 Å². The fourth-order valence-corrected chi connectivity index (χ4v) is 5.23. The summed E-state index contributed by atoms with van der Waals surface area (Å²) in [6, 6.07) is 12.1. The number of carboxylic acid groups (broad SMARTS) is 1. The SMILES string of the molecule is COc1cc(C2NC(C(=O)O)C(c3cccc(OC)c3OC)C2C(=O)c2ccc(C#N)cc2)c([N+](=O)[O-])cc1O. The van der Waals surface area contributed by atoms with E-state index >= 15 is 0 Å². The molecule has 1 saturated heterocycles. The van der Waals surface area contributed by atoms with Gasteiger partial charge in [0.25, 0.3) is 5.69 Å². The van der Waals surface area contributed by atoms with E-state index in [9.17, 15) is 35.2 Å². The maximum Gasteiger partial charge on any atom is 0.321 e. The molecule has 1 fully saturated rings. The highest BCUT2D eigenvalue weighted by Crippen LogP contribution is 2.51. The van der Waals surface area contributed by atoms with Crippen LogP contribution in [0.15, 0.2) is 54.6 Å². The number of methoxy groups -OCH3 is 3. The van der Waals surface area contributed by atoms with Crippen LogP contribution in [0.5, 0.6) is 23.0 Å². The van der Waals surface area contributed by atoms with Crippen molar-refractivity contribution in [3.05, 3.63) is 87.0 Å². The molecule has 12 heteroatoms. The number of hydrogen-bond donors (Lipinski definition) is 3. The number of ketones is 1. The molecule has 1 heterocycles. The van der Waals surface area contributed by atoms with Crippen molar-refractivity contribution in [2.75, 3.05) is 21.3 Å². The lowest BCUT2D eigenvalue weighted by Crippen LogP contribution is -2.35. The van der Waals surface area contributed by atoms with Crippen LogP contribution in [0.4, 0.5) is 5.69 Å². The zero-order valence-electron chi connectivity index (χ0n) is 21.7. The van der Waals surface area contributed by atoms with Gasteiger partial charge in [0.15, 0.2) is 28.8 Å². The molecule has 0 aliphatic carbocycles. The minimum absolute atomic E-state index is 0.0535. The number of nitro groups is 1. The van der Waals surface area contributed by atoms with Crippen LogP contribution in [0.1, 0.15) is 39.0 Å². The Labute approximate surface area is 228 Å². The van der Waals surface area contributed by atoms with Gasteiger partial charge in [-0.15, -0.1) is 0 Å². The molecule has 3 aromatic carbocycles. The molecule has 0 aromatic heterocycles. The van der Waals surface area contributed by atoms with Crippen LogP contribution in [-0.2, 0) is 4.79 Å². The van der Waals surface area contributed by atoms with Crippen LogP contribution >= 0.6 is 0 Å². The normalized spacial score (nSPS) is 19.9. The van der Waals surface area contributed by atoms with Gasteiger partial charge in [-0.3, -0.25) is 25.0 Å². The molecule has 3 N–H and O–H groups in total. The highest BCUT2D eigenvalue weighted by atomic mass is 16.6. The predicted octanol–water partition coefficient (Wildman–Crippen LogP) is 3.58. The molecule has 12 nitrogen and oxygen atoms in total. The molecule has 0 bridgehead atoms. The number of nitriles is 1. The number of aliphatic carboxylic acids is 1. The number of nitrogens with zero attached hydrogens (tertiary/aromatic N) is 2. The molecule has 0 amide bonds. The van der Waals surface area contributed by atoms with E-state index in [1.54, 1.807) is 18.2 Å². The van der Waals surface area contributed by atoms with Gasteiger partial charge in [0.2, 0.25) is 0 Å². The maximum absolute atomic E-state index is 14.2. The monoisotopic (exact) mass is 547 g/mol. The number of phenolic OH excluding ortho intramolecular Hbond substituents is 1. The second-order valence-corrected chi connectivity index (χ2v) is 8.99. The molecular weight excluding hydrogens is 522 g/mol. The van der Waals surface area contributed by atoms with E-state index in [1.807, 2.05) is 6.07 Å². The number of para-hydroxylation sites is 1. The molecule has 206 valence electrons. The zero-order chi connectivity index (χ0) is 29.1. The first-order valence-corrected chi connectivity index (χ1v) is 12.0. The van der Waals surface area contributed by atoms with E-state index in [4.69, 9.17) is 14.2 Å². The van der Waals surface area contributed by atoms with Crippen molar-refractivity contribution < 1.29 is 38.9 Å². The number of hydrogen-bond acceptors (Lipinski definition) is 10. The van der Waals surface area contributed by atoms with Gasteiger partial charge < -0.3 is 24.4 Å². The van der Waals surface area contributed by atoms with Gasteiger partial charge in [0, 0.05) is 17.0 Å². The molecule has 40 heavy (non-hydrogen) atoms. The Balaban J connectivity index is 2.01. The third kappa shape index (κ3) is 4.85. The standard InChI is InChI=1S/C28H25N3O9/c1-38-20-6-4-5-16(27(20)40-3)22-23(26(33)15-9-7-14(13-29)8-10-15)24(30-25(22)28(34)35)17-11-21(39-2)19(32)12-18(17)31(36)37/h4-12,22-25,30,32H,1-3H3,(H,34,35). The number of nitro benzene ring substituents is 1. The summed E-state index contributed by atoms with van der Waals surface area (Å²) < 4.78 is 16.1. The Morgan fingerprint density at radius 2 is 1.68 bits per heavy atom. The third-order valence-electron chi connectivity index (χ3n) is 6.98. The van der Waals surface area contributed by atoms with E-state index < -0.39 is 52.0 Å². The van der Waals surface area contributed by atoms with Crippen molar-refractivity contribution in [2.24, 2.45) is 5.92 Å². The van der Waals surface area contributed by atoms with Crippen molar-refractivity contribution in [1.29, 1.82) is 5.26 Å². The number of nitrogens with one attached hydrogen (secondary N) is 1. The third-order valence-corrected chi connectivity index (χ3v) is 6.98. The molecule has 0 spiro atoms. The number of Topliss-reactive ketones (excluding diaryl/α,β-unsaturated/α-hetero) is 1. The van der Waals surface area contributed by atoms with Crippen molar-refractivity contribution in [3.63, 3.8) is 0 Å². The number of aromatic hydroxyl groups is 1. The molecule has 1 aliphatic rings. The van der Waals surface area contributed by atoms with E-state index in [1.165, 1.54) is 51.7 Å². The number of carbonyl (C=O) groups is 2. The minimum Gasteiger partial charge on any atom is -0.504 e. The maximum atomic E-state index is 14.2. The van der Waals surface area contributed by atoms with Gasteiger partial charge >= 0.3 is 5.97 Å². The summed E-state index contributed by atoms with van der Waals surface area (Å²) in [5.74, 6) is -4.22. The van der Waals surface area contributed by atoms with Crippen molar-refractivity contribution in [2.45, 2.75) is 18.0 Å². The Kier molecular flexibility index (Phi) is 7.88. The van der Waals surface area contributed by atoms with Gasteiger partial charge in [0.1, 0.15) is 6.04 Å². The first kappa shape index (κ1) is 27.9. The van der Waals surface area contributed by atoms with E-state index in [-0.39, 0.29) is 22.6 Å². The summed E-state index contributed by atoms with van der Waals surface area (Å²) in [7, 11) is 4.05. The van der Waals surface area contributed by atoms with Gasteiger partial charge in [-0.1, -0.05) is 24.3 Å². The summed E-state index contributed by atoms with van der Waals surface area (Å²) in [5, 5.41) is 44.7. The van der Waals surface area contributed by atoms with Crippen molar-refractivity contribution in [1.82, 2.24) is 5.32 Å². The lowest BCUT2D eigenvalue weighted by Gasteiger charge is -2.26. The predicted molar refractivity (Wildman–Crippen MR) is 140 cm³/mol. The quantitative estimate of drug-likeness (QED) is 0.202. The number of carboxylic acids is 1. The smallest absolute Gasteiger partial charge is 0.321 e. The minimum atomic E-state index is -1.39. The van der Waals surface area contributed by atoms with Gasteiger partial charge in [-0.05, 0) is 24.3 Å². The molecule has 4 rings (SSSR count). The summed E-state index contributed by atoms with van der Waals surface area (Å²) in [4.78, 5) is 38.1. The molecule has 0 radical (unpaired) electrons. The first-order valence-electron chi connectivity index (χ1n) is 12.0. The molecule has 4 atom stereocenters. The highest BCUT2D eigenvalue weighted by Gasteiger charge is 2.53. The molecule has 1 aliphatic heterocycles. The summed E-state index contributed by atoms with van der Waals surface area (Å²) in [6.07, 6.45) is 0. The highest BCUT2D eigenvalue weighted by molar-refractivity contribution is 6.00. The van der Waals surface area contributed by atoms with Crippen molar-refractivity contribution in [3.8, 4) is 29.1 Å². The molecular formula is C28H25N3O9. The first-order chi connectivity index (χ1) is 19.2. The van der Waals surface area contributed by atoms with Crippen molar-refractivity contribution >= 4 is 17.4 Å². The zero-order valence-corrected chi connectivity index (χ0v) is 21.7. The molecule has 3 aromatic rings. The lowest BCUT2D eigenvalue weighted by molar-refractivity contribution is -0.385. The number of benzene rings is 3. The largest absolute Gasteiger partial charge is 0.504 e. The van der Waals surface area contributed by atoms with E-state index in [2.05, 4.69) is 5.32 Å². The van der Waals surface area contributed by atoms with Crippen LogP contribution in [0, 0.1) is 27.4 Å². The van der Waals surface area contributed by atoms with Crippen LogP contribution < -0.4 is 19.5 Å². The fourth-order valence-electron chi connectivity index (χ4n) is 5.23. The average molecular weight is 548 g/mol. The van der Waals surface area contributed by atoms with Gasteiger partial charge in [-0.25, -0.2) is 0 Å². The summed E-state index contributed by atoms with van der Waals surface area (Å²) >= 11 is 0. The van der Waals surface area contributed by atoms with Crippen LogP contribution in [0.25, 0.3) is 0 Å². The van der Waals surface area contributed by atoms with Gasteiger partial charge in [-0.2, -0.15) is 5.26 Å². The van der Waals surface area contributed by atoms with E-state index in [0.29, 0.717) is 16.9 Å². The van der Waals surface area contributed by atoms with Crippen LogP contribution in [0.3, 0.4) is 0 Å². The topological polar surface area (TPSA) is 181 Å². The Hall–Kier alpha value is -5.15. The summed E-state index contributed by atoms with van der Waals surface area (Å²) in [6.45, 7) is 0. The fraction of sp³-hybridized carbons (Fsp3) is 0.250. The van der Waals surface area contributed by atoms with Gasteiger partial charge in [0.05, 0.1) is 61.5 Å². The summed E-state index contributed by atoms with van der Waals surface area (Å²) in [5.41, 5.74) is 0.232. The number of rotatable bonds is 9.